The first-order valence-corrected chi connectivity index (χ1v) is 13.5. The quantitative estimate of drug-likeness (QED) is 0.312. The number of benzene rings is 3. The summed E-state index contributed by atoms with van der Waals surface area (Å²) < 4.78 is 16.2. The van der Waals surface area contributed by atoms with Gasteiger partial charge in [-0.05, 0) is 54.4 Å². The zero-order valence-corrected chi connectivity index (χ0v) is 23.0. The minimum Gasteiger partial charge on any atom is -0.497 e. The standard InChI is InChI=1S/C31H32N4O6/c1-3-41-29(37)28-20-31(34-16-18-40-19-17-34,35(33-28)25-12-14-26(39-2)15-13-25)30(38)32-24-10-8-22(9-11-24)27-7-5-4-6-23(27)21-36/h4-15,21H,3,16-20H2,1-2H3,(H,32,38)/t31-/m1/s1. The Kier molecular flexibility index (Phi) is 8.42. The lowest BCUT2D eigenvalue weighted by Gasteiger charge is -2.46. The summed E-state index contributed by atoms with van der Waals surface area (Å²) in [6, 6.07) is 21.8. The average Bonchev–Trinajstić information content (AvgIpc) is 3.44. The monoisotopic (exact) mass is 556 g/mol. The molecule has 41 heavy (non-hydrogen) atoms. The Bertz CT molecular complexity index is 1430. The lowest BCUT2D eigenvalue weighted by Crippen LogP contribution is -2.66. The zero-order valence-electron chi connectivity index (χ0n) is 23.0. The van der Waals surface area contributed by atoms with Gasteiger partial charge in [-0.25, -0.2) is 9.80 Å². The van der Waals surface area contributed by atoms with E-state index in [1.807, 2.05) is 35.2 Å². The number of amides is 1. The number of hydrazone groups is 1. The number of hydrogen-bond acceptors (Lipinski definition) is 9. The SMILES string of the molecule is CCOC(=O)C1=NN(c2ccc(OC)cc2)[C@](C(=O)Nc2ccc(-c3ccccc3C=O)cc2)(N2CCOCC2)C1. The third-order valence-corrected chi connectivity index (χ3v) is 7.25. The van der Waals surface area contributed by atoms with Gasteiger partial charge in [-0.3, -0.25) is 14.5 Å². The summed E-state index contributed by atoms with van der Waals surface area (Å²) in [5.41, 5.74) is 2.22. The molecular formula is C31H32N4O6. The molecule has 0 saturated carbocycles. The van der Waals surface area contributed by atoms with Crippen molar-refractivity contribution in [3.63, 3.8) is 0 Å². The zero-order chi connectivity index (χ0) is 28.8. The van der Waals surface area contributed by atoms with Gasteiger partial charge in [0.15, 0.2) is 12.0 Å². The van der Waals surface area contributed by atoms with Gasteiger partial charge in [0.25, 0.3) is 5.91 Å². The van der Waals surface area contributed by atoms with E-state index in [9.17, 15) is 14.4 Å². The van der Waals surface area contributed by atoms with Gasteiger partial charge in [0.1, 0.15) is 5.75 Å². The van der Waals surface area contributed by atoms with Gasteiger partial charge < -0.3 is 19.5 Å². The number of morpholine rings is 1. The Morgan fingerprint density at radius 1 is 1.02 bits per heavy atom. The number of aldehydes is 1. The average molecular weight is 557 g/mol. The molecular weight excluding hydrogens is 524 g/mol. The normalized spacial score (nSPS) is 18.9. The first-order valence-electron chi connectivity index (χ1n) is 13.5. The number of rotatable bonds is 9. The predicted octanol–water partition coefficient (Wildman–Crippen LogP) is 3.97. The van der Waals surface area contributed by atoms with E-state index in [-0.39, 0.29) is 24.6 Å². The molecule has 0 aliphatic carbocycles. The van der Waals surface area contributed by atoms with Crippen LogP contribution in [0.2, 0.25) is 0 Å². The van der Waals surface area contributed by atoms with Crippen molar-refractivity contribution in [3.05, 3.63) is 78.4 Å². The van der Waals surface area contributed by atoms with Crippen LogP contribution in [0.25, 0.3) is 11.1 Å². The maximum Gasteiger partial charge on any atom is 0.354 e. The molecule has 2 heterocycles. The first kappa shape index (κ1) is 28.0. The third-order valence-electron chi connectivity index (χ3n) is 7.25. The smallest absolute Gasteiger partial charge is 0.354 e. The van der Waals surface area contributed by atoms with E-state index in [4.69, 9.17) is 14.2 Å². The summed E-state index contributed by atoms with van der Waals surface area (Å²) in [5.74, 6) is -0.258. The van der Waals surface area contributed by atoms with Gasteiger partial charge in [0.05, 0.1) is 32.6 Å². The molecule has 1 atom stereocenters. The van der Waals surface area contributed by atoms with Crippen LogP contribution in [0.3, 0.4) is 0 Å². The van der Waals surface area contributed by atoms with Crippen LogP contribution in [0.1, 0.15) is 23.7 Å². The second kappa shape index (κ2) is 12.3. The van der Waals surface area contributed by atoms with Crippen molar-refractivity contribution < 1.29 is 28.6 Å². The maximum absolute atomic E-state index is 14.4. The minimum absolute atomic E-state index is 0.0223. The van der Waals surface area contributed by atoms with Crippen molar-refractivity contribution in [1.82, 2.24) is 4.90 Å². The van der Waals surface area contributed by atoms with Crippen molar-refractivity contribution in [2.24, 2.45) is 5.10 Å². The molecule has 10 nitrogen and oxygen atoms in total. The Morgan fingerprint density at radius 2 is 1.73 bits per heavy atom. The van der Waals surface area contributed by atoms with E-state index < -0.39 is 11.6 Å². The molecule has 3 aromatic rings. The van der Waals surface area contributed by atoms with E-state index in [0.717, 1.165) is 17.4 Å². The number of esters is 1. The lowest BCUT2D eigenvalue weighted by atomic mass is 9.97. The molecule has 3 aromatic carbocycles. The summed E-state index contributed by atoms with van der Waals surface area (Å²) in [7, 11) is 1.58. The van der Waals surface area contributed by atoms with Gasteiger partial charge in [0, 0.05) is 30.8 Å². The highest BCUT2D eigenvalue weighted by Crippen LogP contribution is 2.39. The number of carbonyl (C=O) groups excluding carboxylic acids is 3. The molecule has 212 valence electrons. The molecule has 1 amide bonds. The van der Waals surface area contributed by atoms with Crippen molar-refractivity contribution in [2.75, 3.05) is 50.3 Å². The Morgan fingerprint density at radius 3 is 2.39 bits per heavy atom. The molecule has 1 N–H and O–H groups in total. The van der Waals surface area contributed by atoms with E-state index in [0.29, 0.717) is 49.0 Å². The number of ether oxygens (including phenoxy) is 3. The molecule has 0 spiro atoms. The van der Waals surface area contributed by atoms with Crippen LogP contribution < -0.4 is 15.1 Å². The molecule has 10 heteroatoms. The number of hydrogen-bond donors (Lipinski definition) is 1. The lowest BCUT2D eigenvalue weighted by molar-refractivity contribution is -0.135. The van der Waals surface area contributed by atoms with Crippen molar-refractivity contribution in [3.8, 4) is 16.9 Å². The molecule has 0 bridgehead atoms. The summed E-state index contributed by atoms with van der Waals surface area (Å²) >= 11 is 0. The Hall–Kier alpha value is -4.54. The van der Waals surface area contributed by atoms with Crippen LogP contribution in [-0.2, 0) is 19.1 Å². The van der Waals surface area contributed by atoms with Crippen molar-refractivity contribution in [2.45, 2.75) is 19.0 Å². The molecule has 0 aromatic heterocycles. The number of methoxy groups -OCH3 is 1. The van der Waals surface area contributed by atoms with Crippen molar-refractivity contribution in [1.29, 1.82) is 0 Å². The van der Waals surface area contributed by atoms with Crippen LogP contribution in [-0.4, -0.2) is 74.5 Å². The van der Waals surface area contributed by atoms with Gasteiger partial charge >= 0.3 is 5.97 Å². The predicted molar refractivity (Wildman–Crippen MR) is 155 cm³/mol. The fraction of sp³-hybridized carbons (Fsp3) is 0.290. The van der Waals surface area contributed by atoms with E-state index in [2.05, 4.69) is 10.4 Å². The summed E-state index contributed by atoms with van der Waals surface area (Å²) in [6.07, 6.45) is 0.848. The largest absolute Gasteiger partial charge is 0.497 e. The molecule has 5 rings (SSSR count). The van der Waals surface area contributed by atoms with Crippen LogP contribution >= 0.6 is 0 Å². The minimum atomic E-state index is -1.36. The Balaban J connectivity index is 1.52. The van der Waals surface area contributed by atoms with E-state index >= 15 is 0 Å². The topological polar surface area (TPSA) is 110 Å². The Labute approximate surface area is 238 Å². The summed E-state index contributed by atoms with van der Waals surface area (Å²) in [4.78, 5) is 40.8. The van der Waals surface area contributed by atoms with Crippen LogP contribution in [0.4, 0.5) is 11.4 Å². The number of nitrogens with zero attached hydrogens (tertiary/aromatic N) is 3. The maximum atomic E-state index is 14.4. The number of carbonyl (C=O) groups is 3. The molecule has 0 radical (unpaired) electrons. The highest BCUT2D eigenvalue weighted by Gasteiger charge is 2.56. The highest BCUT2D eigenvalue weighted by molar-refractivity contribution is 6.38. The van der Waals surface area contributed by atoms with Crippen LogP contribution in [0, 0.1) is 0 Å². The fourth-order valence-corrected chi connectivity index (χ4v) is 5.20. The highest BCUT2D eigenvalue weighted by atomic mass is 16.5. The van der Waals surface area contributed by atoms with Gasteiger partial charge in [-0.1, -0.05) is 36.4 Å². The molecule has 0 unspecified atom stereocenters. The van der Waals surface area contributed by atoms with E-state index in [1.165, 1.54) is 0 Å². The van der Waals surface area contributed by atoms with Gasteiger partial charge in [0.2, 0.25) is 5.66 Å². The third kappa shape index (κ3) is 5.57. The first-order chi connectivity index (χ1) is 20.0. The second-order valence-corrected chi connectivity index (χ2v) is 9.61. The van der Waals surface area contributed by atoms with Gasteiger partial charge in [-0.15, -0.1) is 0 Å². The van der Waals surface area contributed by atoms with E-state index in [1.54, 1.807) is 61.5 Å². The molecule has 1 fully saturated rings. The summed E-state index contributed by atoms with van der Waals surface area (Å²) in [6.45, 7) is 3.72. The van der Waals surface area contributed by atoms with Crippen LogP contribution in [0.5, 0.6) is 5.75 Å². The van der Waals surface area contributed by atoms with Crippen LogP contribution in [0.15, 0.2) is 77.9 Å². The fourth-order valence-electron chi connectivity index (χ4n) is 5.20. The molecule has 2 aliphatic rings. The van der Waals surface area contributed by atoms with Gasteiger partial charge in [-0.2, -0.15) is 5.10 Å². The number of nitrogens with one attached hydrogen (secondary N) is 1. The van der Waals surface area contributed by atoms with Crippen molar-refractivity contribution >= 4 is 35.2 Å². The summed E-state index contributed by atoms with van der Waals surface area (Å²) in [5, 5.41) is 9.32. The molecule has 1 saturated heterocycles. The second-order valence-electron chi connectivity index (χ2n) is 9.61. The number of anilines is 2. The molecule has 2 aliphatic heterocycles.